The molecule has 20 heavy (non-hydrogen) atoms. The summed E-state index contributed by atoms with van der Waals surface area (Å²) in [5.41, 5.74) is 9.54. The Morgan fingerprint density at radius 3 is 1.75 bits per heavy atom. The highest BCUT2D eigenvalue weighted by Crippen LogP contribution is 2.22. The lowest BCUT2D eigenvalue weighted by Gasteiger charge is -2.29. The highest BCUT2D eigenvalue weighted by molar-refractivity contribution is 5.90. The molecule has 1 amide bonds. The van der Waals surface area contributed by atoms with Gasteiger partial charge < -0.3 is 16.2 Å². The highest BCUT2D eigenvalue weighted by Gasteiger charge is 2.37. The standard InChI is InChI=1S/C14H26N2O4/c1-13(2,3)11(18)10(16)8(7-9(15)17)20-12(19)14(4,5)6/h8,10H,7,16H2,1-6H3,(H2,15,17). The number of rotatable bonds is 5. The van der Waals surface area contributed by atoms with E-state index in [4.69, 9.17) is 16.2 Å². The van der Waals surface area contributed by atoms with Crippen LogP contribution < -0.4 is 11.5 Å². The van der Waals surface area contributed by atoms with Gasteiger partial charge in [0.15, 0.2) is 5.78 Å². The molecule has 0 aliphatic heterocycles. The van der Waals surface area contributed by atoms with Crippen molar-refractivity contribution in [3.63, 3.8) is 0 Å². The zero-order valence-corrected chi connectivity index (χ0v) is 13.1. The molecule has 0 radical (unpaired) electrons. The third kappa shape index (κ3) is 5.69. The summed E-state index contributed by atoms with van der Waals surface area (Å²) in [6, 6.07) is -1.08. The number of hydrogen-bond acceptors (Lipinski definition) is 5. The first-order valence-electron chi connectivity index (χ1n) is 6.56. The van der Waals surface area contributed by atoms with Gasteiger partial charge in [-0.05, 0) is 20.8 Å². The van der Waals surface area contributed by atoms with Crippen molar-refractivity contribution in [3.8, 4) is 0 Å². The van der Waals surface area contributed by atoms with Crippen LogP contribution in [0.1, 0.15) is 48.0 Å². The fourth-order valence-electron chi connectivity index (χ4n) is 1.42. The van der Waals surface area contributed by atoms with Crippen LogP contribution in [0, 0.1) is 10.8 Å². The number of carbonyl (C=O) groups excluding carboxylic acids is 3. The minimum Gasteiger partial charge on any atom is -0.459 e. The Morgan fingerprint density at radius 1 is 1.00 bits per heavy atom. The van der Waals surface area contributed by atoms with Crippen LogP contribution in [0.3, 0.4) is 0 Å². The van der Waals surface area contributed by atoms with Crippen molar-refractivity contribution in [2.24, 2.45) is 22.3 Å². The molecule has 2 unspecified atom stereocenters. The first-order chi connectivity index (χ1) is 8.76. The fraction of sp³-hybridized carbons (Fsp3) is 0.786. The van der Waals surface area contributed by atoms with E-state index in [-0.39, 0.29) is 12.2 Å². The summed E-state index contributed by atoms with van der Waals surface area (Å²) in [5, 5.41) is 0. The minimum atomic E-state index is -1.08. The van der Waals surface area contributed by atoms with Gasteiger partial charge in [-0.2, -0.15) is 0 Å². The number of nitrogens with two attached hydrogens (primary N) is 2. The van der Waals surface area contributed by atoms with Crippen molar-refractivity contribution < 1.29 is 19.1 Å². The van der Waals surface area contributed by atoms with Gasteiger partial charge in [-0.25, -0.2) is 0 Å². The molecule has 0 aromatic heterocycles. The van der Waals surface area contributed by atoms with Crippen LogP contribution in [0.2, 0.25) is 0 Å². The quantitative estimate of drug-likeness (QED) is 0.724. The molecule has 6 heteroatoms. The van der Waals surface area contributed by atoms with Crippen molar-refractivity contribution in [1.29, 1.82) is 0 Å². The Labute approximate surface area is 120 Å². The van der Waals surface area contributed by atoms with Crippen molar-refractivity contribution in [2.45, 2.75) is 60.1 Å². The van der Waals surface area contributed by atoms with E-state index in [9.17, 15) is 14.4 Å². The van der Waals surface area contributed by atoms with E-state index < -0.39 is 34.9 Å². The Kier molecular flexibility index (Phi) is 5.89. The second-order valence-electron chi connectivity index (χ2n) is 7.00. The van der Waals surface area contributed by atoms with E-state index in [1.165, 1.54) is 0 Å². The van der Waals surface area contributed by atoms with Gasteiger partial charge in [-0.15, -0.1) is 0 Å². The Bertz CT molecular complexity index is 391. The van der Waals surface area contributed by atoms with E-state index in [1.54, 1.807) is 41.5 Å². The fourth-order valence-corrected chi connectivity index (χ4v) is 1.42. The first-order valence-corrected chi connectivity index (χ1v) is 6.56. The second-order valence-corrected chi connectivity index (χ2v) is 7.00. The van der Waals surface area contributed by atoms with Crippen LogP contribution in [0.25, 0.3) is 0 Å². The molecule has 4 N–H and O–H groups in total. The molecule has 0 rings (SSSR count). The lowest BCUT2D eigenvalue weighted by atomic mass is 9.84. The average molecular weight is 286 g/mol. The summed E-state index contributed by atoms with van der Waals surface area (Å²) in [4.78, 5) is 35.1. The highest BCUT2D eigenvalue weighted by atomic mass is 16.5. The third-order valence-corrected chi connectivity index (χ3v) is 2.72. The molecule has 0 aliphatic rings. The summed E-state index contributed by atoms with van der Waals surface area (Å²) in [6.07, 6.45) is -1.31. The van der Waals surface area contributed by atoms with Gasteiger partial charge in [0.05, 0.1) is 11.8 Å². The van der Waals surface area contributed by atoms with Gasteiger partial charge in [0.25, 0.3) is 0 Å². The molecule has 0 heterocycles. The number of carbonyl (C=O) groups is 3. The van der Waals surface area contributed by atoms with Crippen LogP contribution in [-0.2, 0) is 19.1 Å². The normalized spacial score (nSPS) is 15.3. The molecule has 0 saturated carbocycles. The Balaban J connectivity index is 5.12. The molecular weight excluding hydrogens is 260 g/mol. The number of primary amides is 1. The second kappa shape index (κ2) is 6.35. The summed E-state index contributed by atoms with van der Waals surface area (Å²) >= 11 is 0. The molecule has 0 aliphatic carbocycles. The zero-order valence-electron chi connectivity index (χ0n) is 13.1. The molecular formula is C14H26N2O4. The number of esters is 1. The molecule has 0 bridgehead atoms. The van der Waals surface area contributed by atoms with E-state index >= 15 is 0 Å². The van der Waals surface area contributed by atoms with E-state index in [0.717, 1.165) is 0 Å². The van der Waals surface area contributed by atoms with Gasteiger partial charge in [0.2, 0.25) is 5.91 Å². The van der Waals surface area contributed by atoms with Crippen LogP contribution in [-0.4, -0.2) is 29.8 Å². The van der Waals surface area contributed by atoms with Crippen LogP contribution >= 0.6 is 0 Å². The number of Topliss-reactive ketones (excluding diaryl/α,β-unsaturated/α-hetero) is 1. The largest absolute Gasteiger partial charge is 0.459 e. The summed E-state index contributed by atoms with van der Waals surface area (Å²) in [6.45, 7) is 10.2. The van der Waals surface area contributed by atoms with E-state index in [1.807, 2.05) is 0 Å². The molecule has 0 aromatic rings. The molecule has 2 atom stereocenters. The Morgan fingerprint density at radius 2 is 1.45 bits per heavy atom. The topological polar surface area (TPSA) is 112 Å². The molecule has 0 saturated heterocycles. The molecule has 0 aromatic carbocycles. The molecule has 0 spiro atoms. The molecule has 6 nitrogen and oxygen atoms in total. The monoisotopic (exact) mass is 286 g/mol. The molecule has 116 valence electrons. The zero-order chi connectivity index (χ0) is 16.3. The predicted molar refractivity (Wildman–Crippen MR) is 75.6 cm³/mol. The van der Waals surface area contributed by atoms with E-state index in [2.05, 4.69) is 0 Å². The average Bonchev–Trinajstić information content (AvgIpc) is 2.22. The first kappa shape index (κ1) is 18.6. The van der Waals surface area contributed by atoms with Crippen molar-refractivity contribution in [1.82, 2.24) is 0 Å². The Hall–Kier alpha value is -1.43. The van der Waals surface area contributed by atoms with Gasteiger partial charge >= 0.3 is 5.97 Å². The maximum absolute atomic E-state index is 12.2. The van der Waals surface area contributed by atoms with Gasteiger partial charge in [-0.3, -0.25) is 14.4 Å². The van der Waals surface area contributed by atoms with Crippen molar-refractivity contribution in [2.75, 3.05) is 0 Å². The van der Waals surface area contributed by atoms with Crippen LogP contribution in [0.15, 0.2) is 0 Å². The number of ketones is 1. The van der Waals surface area contributed by atoms with E-state index in [0.29, 0.717) is 0 Å². The predicted octanol–water partition coefficient (Wildman–Crippen LogP) is 0.762. The number of hydrogen-bond donors (Lipinski definition) is 2. The summed E-state index contributed by atoms with van der Waals surface area (Å²) < 4.78 is 5.22. The van der Waals surface area contributed by atoms with Gasteiger partial charge in [0.1, 0.15) is 12.1 Å². The number of ether oxygens (including phenoxy) is 1. The van der Waals surface area contributed by atoms with Crippen molar-refractivity contribution >= 4 is 17.7 Å². The third-order valence-electron chi connectivity index (χ3n) is 2.72. The lowest BCUT2D eigenvalue weighted by molar-refractivity contribution is -0.161. The van der Waals surface area contributed by atoms with Gasteiger partial charge in [-0.1, -0.05) is 20.8 Å². The maximum atomic E-state index is 12.2. The molecule has 0 fully saturated rings. The summed E-state index contributed by atoms with van der Waals surface area (Å²) in [5.74, 6) is -1.49. The van der Waals surface area contributed by atoms with Crippen LogP contribution in [0.4, 0.5) is 0 Å². The maximum Gasteiger partial charge on any atom is 0.311 e. The SMILES string of the molecule is CC(C)(C)C(=O)OC(CC(N)=O)C(N)C(=O)C(C)(C)C. The summed E-state index contributed by atoms with van der Waals surface area (Å²) in [7, 11) is 0. The van der Waals surface area contributed by atoms with Gasteiger partial charge in [0, 0.05) is 5.41 Å². The lowest BCUT2D eigenvalue weighted by Crippen LogP contribution is -2.50. The minimum absolute atomic E-state index is 0.273. The van der Waals surface area contributed by atoms with Crippen LogP contribution in [0.5, 0.6) is 0 Å². The smallest absolute Gasteiger partial charge is 0.311 e. The van der Waals surface area contributed by atoms with Crippen molar-refractivity contribution in [3.05, 3.63) is 0 Å². The number of amides is 1.